The summed E-state index contributed by atoms with van der Waals surface area (Å²) in [7, 11) is 0. The molecule has 0 unspecified atom stereocenters. The third kappa shape index (κ3) is 2.88. The van der Waals surface area contributed by atoms with E-state index in [-0.39, 0.29) is 22.1 Å². The van der Waals surface area contributed by atoms with Gasteiger partial charge in [0.25, 0.3) is 0 Å². The van der Waals surface area contributed by atoms with Crippen LogP contribution in [0.4, 0.5) is 4.39 Å². The van der Waals surface area contributed by atoms with E-state index in [9.17, 15) is 14.3 Å². The van der Waals surface area contributed by atoms with E-state index in [2.05, 4.69) is 4.98 Å². The van der Waals surface area contributed by atoms with Gasteiger partial charge in [-0.15, -0.1) is 0 Å². The van der Waals surface area contributed by atoms with Crippen molar-refractivity contribution in [1.82, 2.24) is 4.98 Å². The Morgan fingerprint density at radius 1 is 1.35 bits per heavy atom. The van der Waals surface area contributed by atoms with Gasteiger partial charge in [-0.1, -0.05) is 11.6 Å². The zero-order valence-electron chi connectivity index (χ0n) is 10.8. The largest absolute Gasteiger partial charge is 0.477 e. The summed E-state index contributed by atoms with van der Waals surface area (Å²) in [5, 5.41) is 9.17. The molecule has 0 saturated carbocycles. The first-order valence-corrected chi connectivity index (χ1v) is 6.10. The maximum atomic E-state index is 13.4. The van der Waals surface area contributed by atoms with E-state index in [1.807, 2.05) is 0 Å². The van der Waals surface area contributed by atoms with Crippen molar-refractivity contribution in [2.45, 2.75) is 13.8 Å². The number of carboxylic acids is 1. The summed E-state index contributed by atoms with van der Waals surface area (Å²) in [6, 6.07) is 5.39. The monoisotopic (exact) mass is 295 g/mol. The molecule has 1 aromatic carbocycles. The molecule has 0 bridgehead atoms. The topological polar surface area (TPSA) is 59.4 Å². The van der Waals surface area contributed by atoms with Crippen LogP contribution in [0.15, 0.2) is 24.3 Å². The minimum Gasteiger partial charge on any atom is -0.477 e. The average molecular weight is 296 g/mol. The van der Waals surface area contributed by atoms with Crippen molar-refractivity contribution in [1.29, 1.82) is 0 Å². The fraction of sp³-hybridized carbons (Fsp3) is 0.143. The molecule has 0 spiro atoms. The number of aromatic carboxylic acids is 1. The summed E-state index contributed by atoms with van der Waals surface area (Å²) in [6.45, 7) is 3.29. The van der Waals surface area contributed by atoms with Crippen molar-refractivity contribution in [3.63, 3.8) is 0 Å². The first-order chi connectivity index (χ1) is 9.38. The number of aromatic nitrogens is 1. The molecule has 6 heteroatoms. The number of benzene rings is 1. The van der Waals surface area contributed by atoms with Crippen LogP contribution in [-0.4, -0.2) is 16.1 Å². The SMILES string of the molecule is Cc1cc(Oc2ccc(Cl)c(F)c2)c(C(=O)O)c(C)n1. The smallest absolute Gasteiger partial charge is 0.341 e. The second kappa shape index (κ2) is 5.46. The molecule has 0 fully saturated rings. The molecule has 2 aromatic rings. The van der Waals surface area contributed by atoms with Crippen molar-refractivity contribution < 1.29 is 19.0 Å². The lowest BCUT2D eigenvalue weighted by Crippen LogP contribution is -2.06. The second-order valence-electron chi connectivity index (χ2n) is 4.21. The third-order valence-corrected chi connectivity index (χ3v) is 2.93. The molecule has 0 saturated heterocycles. The van der Waals surface area contributed by atoms with Crippen LogP contribution in [0.25, 0.3) is 0 Å². The maximum Gasteiger partial charge on any atom is 0.341 e. The zero-order chi connectivity index (χ0) is 14.9. The van der Waals surface area contributed by atoms with Crippen molar-refractivity contribution >= 4 is 17.6 Å². The summed E-state index contributed by atoms with van der Waals surface area (Å²) in [5.41, 5.74) is 0.893. The predicted molar refractivity (Wildman–Crippen MR) is 72.2 cm³/mol. The van der Waals surface area contributed by atoms with Crippen LogP contribution in [0.2, 0.25) is 5.02 Å². The molecular weight excluding hydrogens is 285 g/mol. The fourth-order valence-electron chi connectivity index (χ4n) is 1.80. The minimum atomic E-state index is -1.15. The van der Waals surface area contributed by atoms with Crippen LogP contribution in [0, 0.1) is 19.7 Å². The van der Waals surface area contributed by atoms with Crippen molar-refractivity contribution in [3.8, 4) is 11.5 Å². The van der Waals surface area contributed by atoms with Gasteiger partial charge in [0.1, 0.15) is 22.9 Å². The van der Waals surface area contributed by atoms with Crippen molar-refractivity contribution in [2.75, 3.05) is 0 Å². The molecule has 1 aromatic heterocycles. The molecule has 104 valence electrons. The van der Waals surface area contributed by atoms with Gasteiger partial charge in [-0.05, 0) is 26.0 Å². The lowest BCUT2D eigenvalue weighted by molar-refractivity contribution is 0.0693. The van der Waals surface area contributed by atoms with Crippen molar-refractivity contribution in [2.24, 2.45) is 0 Å². The van der Waals surface area contributed by atoms with E-state index in [4.69, 9.17) is 16.3 Å². The second-order valence-corrected chi connectivity index (χ2v) is 4.61. The van der Waals surface area contributed by atoms with Gasteiger partial charge in [0.05, 0.1) is 10.7 Å². The Morgan fingerprint density at radius 3 is 2.65 bits per heavy atom. The molecule has 2 rings (SSSR count). The fourth-order valence-corrected chi connectivity index (χ4v) is 1.92. The molecule has 0 aliphatic heterocycles. The first kappa shape index (κ1) is 14.3. The van der Waals surface area contributed by atoms with Crippen LogP contribution in [-0.2, 0) is 0 Å². The molecule has 1 heterocycles. The summed E-state index contributed by atoms with van der Waals surface area (Å²) in [5.74, 6) is -1.51. The number of hydrogen-bond acceptors (Lipinski definition) is 3. The number of hydrogen-bond donors (Lipinski definition) is 1. The highest BCUT2D eigenvalue weighted by Crippen LogP contribution is 2.29. The van der Waals surface area contributed by atoms with E-state index in [1.165, 1.54) is 18.2 Å². The Kier molecular flexibility index (Phi) is 3.90. The number of carbonyl (C=O) groups is 1. The Bertz CT molecular complexity index is 688. The predicted octanol–water partition coefficient (Wildman–Crippen LogP) is 3.98. The van der Waals surface area contributed by atoms with E-state index in [0.29, 0.717) is 11.4 Å². The Labute approximate surface area is 119 Å². The van der Waals surface area contributed by atoms with Gasteiger partial charge in [-0.2, -0.15) is 0 Å². The van der Waals surface area contributed by atoms with E-state index in [1.54, 1.807) is 13.8 Å². The summed E-state index contributed by atoms with van der Waals surface area (Å²) in [4.78, 5) is 15.3. The Morgan fingerprint density at radius 2 is 2.05 bits per heavy atom. The molecule has 0 atom stereocenters. The quantitative estimate of drug-likeness (QED) is 0.930. The Hall–Kier alpha value is -2.14. The third-order valence-electron chi connectivity index (χ3n) is 2.62. The lowest BCUT2D eigenvalue weighted by atomic mass is 10.1. The molecule has 0 radical (unpaired) electrons. The van der Waals surface area contributed by atoms with Gasteiger partial charge in [0.15, 0.2) is 0 Å². The molecule has 4 nitrogen and oxygen atoms in total. The number of ether oxygens (including phenoxy) is 1. The average Bonchev–Trinajstić information content (AvgIpc) is 2.32. The zero-order valence-corrected chi connectivity index (χ0v) is 11.5. The highest BCUT2D eigenvalue weighted by atomic mass is 35.5. The first-order valence-electron chi connectivity index (χ1n) is 5.73. The highest BCUT2D eigenvalue weighted by molar-refractivity contribution is 6.30. The van der Waals surface area contributed by atoms with E-state index >= 15 is 0 Å². The van der Waals surface area contributed by atoms with Gasteiger partial charge in [0, 0.05) is 17.8 Å². The van der Waals surface area contributed by atoms with Crippen LogP contribution in [0.5, 0.6) is 11.5 Å². The molecule has 1 N–H and O–H groups in total. The molecule has 0 aliphatic rings. The van der Waals surface area contributed by atoms with Crippen LogP contribution >= 0.6 is 11.6 Å². The molecule has 0 amide bonds. The van der Waals surface area contributed by atoms with Gasteiger partial charge < -0.3 is 9.84 Å². The lowest BCUT2D eigenvalue weighted by Gasteiger charge is -2.11. The molecule has 20 heavy (non-hydrogen) atoms. The van der Waals surface area contributed by atoms with Gasteiger partial charge in [0.2, 0.25) is 0 Å². The van der Waals surface area contributed by atoms with Crippen LogP contribution in [0.3, 0.4) is 0 Å². The van der Waals surface area contributed by atoms with Gasteiger partial charge in [-0.25, -0.2) is 9.18 Å². The molecule has 0 aliphatic carbocycles. The summed E-state index contributed by atoms with van der Waals surface area (Å²) in [6.07, 6.45) is 0. The number of halogens is 2. The van der Waals surface area contributed by atoms with Crippen LogP contribution < -0.4 is 4.74 Å². The number of nitrogens with zero attached hydrogens (tertiary/aromatic N) is 1. The summed E-state index contributed by atoms with van der Waals surface area (Å²) >= 11 is 5.58. The standard InChI is InChI=1S/C14H11ClFNO3/c1-7-5-12(13(14(18)19)8(2)17-7)20-9-3-4-10(15)11(16)6-9/h3-6H,1-2H3,(H,18,19). The number of rotatable bonds is 3. The van der Waals surface area contributed by atoms with Crippen LogP contribution in [0.1, 0.15) is 21.7 Å². The number of aryl methyl sites for hydroxylation is 2. The minimum absolute atomic E-state index is 0.0297. The number of carboxylic acid groups (broad SMARTS) is 1. The molecular formula is C14H11ClFNO3. The number of pyridine rings is 1. The highest BCUT2D eigenvalue weighted by Gasteiger charge is 2.17. The van der Waals surface area contributed by atoms with Gasteiger partial charge >= 0.3 is 5.97 Å². The Balaban J connectivity index is 2.47. The van der Waals surface area contributed by atoms with Crippen molar-refractivity contribution in [3.05, 3.63) is 52.1 Å². The normalized spacial score (nSPS) is 10.4. The van der Waals surface area contributed by atoms with Gasteiger partial charge in [-0.3, -0.25) is 4.98 Å². The summed E-state index contributed by atoms with van der Waals surface area (Å²) < 4.78 is 18.8. The van der Waals surface area contributed by atoms with E-state index < -0.39 is 11.8 Å². The van der Waals surface area contributed by atoms with E-state index in [0.717, 1.165) is 6.07 Å². The maximum absolute atomic E-state index is 13.4.